The standard InChI is InChI=1S/C14H16F3NO/c1-9-7-13(4-5-19-9)8-18-12-3-2-10(6-11(12)13)14(15,16)17/h2-3,6,9,18H,4-5,7-8H2,1H3. The molecule has 5 heteroatoms. The Bertz CT molecular complexity index is 496. The summed E-state index contributed by atoms with van der Waals surface area (Å²) in [6.45, 7) is 3.29. The minimum Gasteiger partial charge on any atom is -0.384 e. The Morgan fingerprint density at radius 2 is 2.16 bits per heavy atom. The van der Waals surface area contributed by atoms with Gasteiger partial charge in [-0.15, -0.1) is 0 Å². The predicted octanol–water partition coefficient (Wildman–Crippen LogP) is 3.57. The maximum atomic E-state index is 12.8. The van der Waals surface area contributed by atoms with Gasteiger partial charge in [-0.25, -0.2) is 0 Å². The van der Waals surface area contributed by atoms with Crippen molar-refractivity contribution in [1.82, 2.24) is 0 Å². The SMILES string of the molecule is CC1CC2(CCO1)CNc1ccc(C(F)(F)F)cc12. The molecule has 2 heterocycles. The van der Waals surface area contributed by atoms with Gasteiger partial charge in [0.05, 0.1) is 11.7 Å². The number of hydrogen-bond acceptors (Lipinski definition) is 2. The molecule has 2 atom stereocenters. The van der Waals surface area contributed by atoms with Crippen LogP contribution in [0.5, 0.6) is 0 Å². The number of nitrogens with one attached hydrogen (secondary N) is 1. The van der Waals surface area contributed by atoms with E-state index >= 15 is 0 Å². The molecule has 0 aromatic heterocycles. The van der Waals surface area contributed by atoms with Crippen molar-refractivity contribution in [3.05, 3.63) is 29.3 Å². The number of benzene rings is 1. The summed E-state index contributed by atoms with van der Waals surface area (Å²) in [5, 5.41) is 3.24. The fraction of sp³-hybridized carbons (Fsp3) is 0.571. The van der Waals surface area contributed by atoms with Gasteiger partial charge in [0, 0.05) is 24.3 Å². The second kappa shape index (κ2) is 4.13. The van der Waals surface area contributed by atoms with Gasteiger partial charge in [0.2, 0.25) is 0 Å². The van der Waals surface area contributed by atoms with Gasteiger partial charge in [-0.05, 0) is 43.5 Å². The van der Waals surface area contributed by atoms with Crippen LogP contribution in [0.25, 0.3) is 0 Å². The summed E-state index contributed by atoms with van der Waals surface area (Å²) in [5.41, 5.74) is 0.877. The molecule has 1 N–H and O–H groups in total. The summed E-state index contributed by atoms with van der Waals surface area (Å²) in [7, 11) is 0. The quantitative estimate of drug-likeness (QED) is 0.779. The second-order valence-electron chi connectivity index (χ2n) is 5.53. The number of ether oxygens (including phenoxy) is 1. The topological polar surface area (TPSA) is 21.3 Å². The van der Waals surface area contributed by atoms with Gasteiger partial charge in [0.25, 0.3) is 0 Å². The van der Waals surface area contributed by atoms with E-state index in [0.717, 1.165) is 30.2 Å². The normalized spacial score (nSPS) is 30.2. The first kappa shape index (κ1) is 12.8. The maximum absolute atomic E-state index is 12.8. The van der Waals surface area contributed by atoms with Crippen molar-refractivity contribution in [3.8, 4) is 0 Å². The van der Waals surface area contributed by atoms with Crippen molar-refractivity contribution in [1.29, 1.82) is 0 Å². The minimum atomic E-state index is -4.28. The number of anilines is 1. The average Bonchev–Trinajstić information content (AvgIpc) is 2.67. The molecule has 2 aliphatic rings. The van der Waals surface area contributed by atoms with E-state index in [9.17, 15) is 13.2 Å². The van der Waals surface area contributed by atoms with Gasteiger partial charge < -0.3 is 10.1 Å². The number of alkyl halides is 3. The molecule has 104 valence electrons. The number of rotatable bonds is 0. The van der Waals surface area contributed by atoms with Gasteiger partial charge in [-0.1, -0.05) is 0 Å². The monoisotopic (exact) mass is 271 g/mol. The number of halogens is 3. The highest BCUT2D eigenvalue weighted by Crippen LogP contribution is 2.46. The Morgan fingerprint density at radius 3 is 2.84 bits per heavy atom. The molecule has 3 rings (SSSR count). The molecular formula is C14H16F3NO. The molecule has 1 aromatic carbocycles. The Kier molecular flexibility index (Phi) is 2.78. The van der Waals surface area contributed by atoms with E-state index in [2.05, 4.69) is 5.32 Å². The van der Waals surface area contributed by atoms with Crippen molar-refractivity contribution < 1.29 is 17.9 Å². The zero-order chi connectivity index (χ0) is 13.7. The van der Waals surface area contributed by atoms with Gasteiger partial charge in [-0.3, -0.25) is 0 Å². The van der Waals surface area contributed by atoms with Gasteiger partial charge in [0.1, 0.15) is 0 Å². The van der Waals surface area contributed by atoms with Crippen molar-refractivity contribution in [2.24, 2.45) is 0 Å². The van der Waals surface area contributed by atoms with Crippen LogP contribution in [-0.2, 0) is 16.3 Å². The zero-order valence-corrected chi connectivity index (χ0v) is 10.7. The fourth-order valence-corrected chi connectivity index (χ4v) is 3.25. The second-order valence-corrected chi connectivity index (χ2v) is 5.53. The van der Waals surface area contributed by atoms with Crippen LogP contribution < -0.4 is 5.32 Å². The summed E-state index contributed by atoms with van der Waals surface area (Å²) in [6, 6.07) is 4.01. The highest BCUT2D eigenvalue weighted by atomic mass is 19.4. The summed E-state index contributed by atoms with van der Waals surface area (Å²) in [6.07, 6.45) is -2.64. The van der Waals surface area contributed by atoms with Gasteiger partial charge in [0.15, 0.2) is 0 Å². The molecule has 19 heavy (non-hydrogen) atoms. The van der Waals surface area contributed by atoms with Crippen molar-refractivity contribution in [2.45, 2.75) is 37.5 Å². The first-order valence-electron chi connectivity index (χ1n) is 6.48. The number of hydrogen-bond donors (Lipinski definition) is 1. The molecule has 1 fully saturated rings. The van der Waals surface area contributed by atoms with Crippen LogP contribution in [0.4, 0.5) is 18.9 Å². The molecule has 1 saturated heterocycles. The first-order valence-corrected chi connectivity index (χ1v) is 6.48. The Balaban J connectivity index is 2.03. The van der Waals surface area contributed by atoms with Crippen LogP contribution >= 0.6 is 0 Å². The molecule has 0 radical (unpaired) electrons. The largest absolute Gasteiger partial charge is 0.416 e. The van der Waals surface area contributed by atoms with E-state index in [1.807, 2.05) is 6.92 Å². The number of fused-ring (bicyclic) bond motifs is 2. The summed E-state index contributed by atoms with van der Waals surface area (Å²) in [4.78, 5) is 0. The third-order valence-corrected chi connectivity index (χ3v) is 4.20. The summed E-state index contributed by atoms with van der Waals surface area (Å²) >= 11 is 0. The van der Waals surface area contributed by atoms with Gasteiger partial charge >= 0.3 is 6.18 Å². The molecule has 2 nitrogen and oxygen atoms in total. The highest BCUT2D eigenvalue weighted by Gasteiger charge is 2.43. The van der Waals surface area contributed by atoms with Crippen molar-refractivity contribution in [2.75, 3.05) is 18.5 Å². The van der Waals surface area contributed by atoms with Crippen LogP contribution in [-0.4, -0.2) is 19.3 Å². The fourth-order valence-electron chi connectivity index (χ4n) is 3.25. The molecule has 2 unspecified atom stereocenters. The molecule has 0 saturated carbocycles. The molecule has 1 aromatic rings. The van der Waals surface area contributed by atoms with E-state index in [4.69, 9.17) is 4.74 Å². The van der Waals surface area contributed by atoms with Crippen molar-refractivity contribution in [3.63, 3.8) is 0 Å². The van der Waals surface area contributed by atoms with Gasteiger partial charge in [-0.2, -0.15) is 13.2 Å². The molecular weight excluding hydrogens is 255 g/mol. The Morgan fingerprint density at radius 1 is 1.37 bits per heavy atom. The molecule has 0 bridgehead atoms. The summed E-state index contributed by atoms with van der Waals surface area (Å²) < 4.78 is 44.1. The van der Waals surface area contributed by atoms with E-state index in [1.165, 1.54) is 6.07 Å². The van der Waals surface area contributed by atoms with E-state index in [0.29, 0.717) is 13.2 Å². The Labute approximate surface area is 109 Å². The lowest BCUT2D eigenvalue weighted by Crippen LogP contribution is -2.39. The van der Waals surface area contributed by atoms with E-state index in [1.54, 1.807) is 6.07 Å². The lowest BCUT2D eigenvalue weighted by molar-refractivity contribution is -0.137. The van der Waals surface area contributed by atoms with Crippen molar-refractivity contribution >= 4 is 5.69 Å². The van der Waals surface area contributed by atoms with E-state index < -0.39 is 11.7 Å². The third kappa shape index (κ3) is 2.10. The molecule has 2 aliphatic heterocycles. The predicted molar refractivity (Wildman–Crippen MR) is 66.3 cm³/mol. The van der Waals surface area contributed by atoms with E-state index in [-0.39, 0.29) is 11.5 Å². The Hall–Kier alpha value is -1.23. The average molecular weight is 271 g/mol. The molecule has 0 aliphatic carbocycles. The molecule has 0 amide bonds. The first-order chi connectivity index (χ1) is 8.91. The molecule has 1 spiro atoms. The van der Waals surface area contributed by atoms with Crippen LogP contribution in [0.15, 0.2) is 18.2 Å². The maximum Gasteiger partial charge on any atom is 0.416 e. The van der Waals surface area contributed by atoms with Crippen LogP contribution in [0.3, 0.4) is 0 Å². The lowest BCUT2D eigenvalue weighted by Gasteiger charge is -2.37. The van der Waals surface area contributed by atoms with Crippen LogP contribution in [0, 0.1) is 0 Å². The third-order valence-electron chi connectivity index (χ3n) is 4.20. The van der Waals surface area contributed by atoms with Crippen LogP contribution in [0.2, 0.25) is 0 Å². The lowest BCUT2D eigenvalue weighted by atomic mass is 9.73. The van der Waals surface area contributed by atoms with Crippen LogP contribution in [0.1, 0.15) is 30.9 Å². The summed E-state index contributed by atoms with van der Waals surface area (Å²) in [5.74, 6) is 0. The highest BCUT2D eigenvalue weighted by molar-refractivity contribution is 5.62. The smallest absolute Gasteiger partial charge is 0.384 e. The minimum absolute atomic E-state index is 0.0936. The zero-order valence-electron chi connectivity index (χ0n) is 10.7.